The van der Waals surface area contributed by atoms with Crippen LogP contribution in [0.2, 0.25) is 0 Å². The number of ether oxygens (including phenoxy) is 1. The third kappa shape index (κ3) is 5.14. The van der Waals surface area contributed by atoms with Crippen molar-refractivity contribution in [1.82, 2.24) is 5.32 Å². The van der Waals surface area contributed by atoms with Crippen LogP contribution in [-0.4, -0.2) is 24.5 Å². The predicted octanol–water partition coefficient (Wildman–Crippen LogP) is 3.58. The Balaban J connectivity index is 1.41. The lowest BCUT2D eigenvalue weighted by Crippen LogP contribution is -2.47. The van der Waals surface area contributed by atoms with Crippen LogP contribution in [0, 0.1) is 5.92 Å². The summed E-state index contributed by atoms with van der Waals surface area (Å²) in [7, 11) is 0. The molecule has 4 heteroatoms. The van der Waals surface area contributed by atoms with Crippen LogP contribution in [0.5, 0.6) is 0 Å². The lowest BCUT2D eigenvalue weighted by molar-refractivity contribution is -0.126. The standard InChI is InChI=1S/C16H27NO3/c18-15-11-10-14(15)17-16(19)20-12-6-2-5-9-13-7-3-1-4-8-13/h13-14H,1-12H2,(H,17,19)/t14-/m1/s1. The van der Waals surface area contributed by atoms with E-state index in [1.807, 2.05) is 0 Å². The Morgan fingerprint density at radius 1 is 1.10 bits per heavy atom. The van der Waals surface area contributed by atoms with Gasteiger partial charge in [0, 0.05) is 6.42 Å². The van der Waals surface area contributed by atoms with Crippen molar-refractivity contribution in [3.05, 3.63) is 0 Å². The summed E-state index contributed by atoms with van der Waals surface area (Å²) in [6.07, 6.45) is 12.6. The van der Waals surface area contributed by atoms with E-state index < -0.39 is 6.09 Å². The number of Topliss-reactive ketones (excluding diaryl/α,β-unsaturated/α-hetero) is 1. The van der Waals surface area contributed by atoms with Crippen molar-refractivity contribution < 1.29 is 14.3 Å². The predicted molar refractivity (Wildman–Crippen MR) is 77.6 cm³/mol. The van der Waals surface area contributed by atoms with E-state index in [2.05, 4.69) is 5.32 Å². The smallest absolute Gasteiger partial charge is 0.407 e. The number of alkyl carbamates (subject to hydrolysis) is 1. The molecule has 0 aliphatic heterocycles. The van der Waals surface area contributed by atoms with Gasteiger partial charge in [0.05, 0.1) is 12.6 Å². The van der Waals surface area contributed by atoms with Crippen LogP contribution >= 0.6 is 0 Å². The molecule has 0 spiro atoms. The highest BCUT2D eigenvalue weighted by Crippen LogP contribution is 2.27. The van der Waals surface area contributed by atoms with E-state index in [1.165, 1.54) is 44.9 Å². The first-order valence-electron chi connectivity index (χ1n) is 8.21. The van der Waals surface area contributed by atoms with Crippen molar-refractivity contribution in [2.24, 2.45) is 5.92 Å². The maximum atomic E-state index is 11.4. The average Bonchev–Trinajstić information content (AvgIpc) is 2.48. The van der Waals surface area contributed by atoms with Crippen LogP contribution in [-0.2, 0) is 9.53 Å². The molecule has 0 radical (unpaired) electrons. The summed E-state index contributed by atoms with van der Waals surface area (Å²) in [5, 5.41) is 2.60. The Labute approximate surface area is 121 Å². The molecule has 1 atom stereocenters. The number of amides is 1. The summed E-state index contributed by atoms with van der Waals surface area (Å²) in [4.78, 5) is 22.4. The minimum Gasteiger partial charge on any atom is -0.450 e. The monoisotopic (exact) mass is 281 g/mol. The first kappa shape index (κ1) is 15.3. The first-order chi connectivity index (χ1) is 9.75. The zero-order valence-electron chi connectivity index (χ0n) is 12.4. The third-order valence-electron chi connectivity index (χ3n) is 4.57. The van der Waals surface area contributed by atoms with E-state index in [0.29, 0.717) is 13.0 Å². The molecule has 2 aliphatic rings. The van der Waals surface area contributed by atoms with E-state index in [-0.39, 0.29) is 11.8 Å². The molecule has 0 bridgehead atoms. The van der Waals surface area contributed by atoms with Gasteiger partial charge in [0.15, 0.2) is 5.78 Å². The number of carbonyl (C=O) groups is 2. The van der Waals surface area contributed by atoms with Crippen molar-refractivity contribution in [3.63, 3.8) is 0 Å². The van der Waals surface area contributed by atoms with Gasteiger partial charge in [-0.3, -0.25) is 4.79 Å². The zero-order valence-corrected chi connectivity index (χ0v) is 12.4. The molecular weight excluding hydrogens is 254 g/mol. The molecule has 2 rings (SSSR count). The van der Waals surface area contributed by atoms with E-state index in [9.17, 15) is 9.59 Å². The molecule has 0 saturated heterocycles. The largest absolute Gasteiger partial charge is 0.450 e. The molecule has 0 unspecified atom stereocenters. The normalized spacial score (nSPS) is 23.2. The summed E-state index contributed by atoms with van der Waals surface area (Å²) >= 11 is 0. The van der Waals surface area contributed by atoms with E-state index in [4.69, 9.17) is 4.74 Å². The second-order valence-corrected chi connectivity index (χ2v) is 6.19. The second-order valence-electron chi connectivity index (χ2n) is 6.19. The summed E-state index contributed by atoms with van der Waals surface area (Å²) in [6.45, 7) is 0.470. The van der Waals surface area contributed by atoms with Gasteiger partial charge in [-0.05, 0) is 18.8 Å². The maximum Gasteiger partial charge on any atom is 0.407 e. The molecule has 2 aliphatic carbocycles. The molecule has 0 aromatic heterocycles. The van der Waals surface area contributed by atoms with Crippen molar-refractivity contribution in [1.29, 1.82) is 0 Å². The summed E-state index contributed by atoms with van der Waals surface area (Å²) in [5.74, 6) is 1.06. The topological polar surface area (TPSA) is 55.4 Å². The lowest BCUT2D eigenvalue weighted by atomic mass is 9.86. The van der Waals surface area contributed by atoms with Gasteiger partial charge in [0.1, 0.15) is 0 Å². The Kier molecular flexibility index (Phi) is 6.34. The Bertz CT molecular complexity index is 324. The fraction of sp³-hybridized carbons (Fsp3) is 0.875. The van der Waals surface area contributed by atoms with Gasteiger partial charge in [0.2, 0.25) is 0 Å². The fourth-order valence-corrected chi connectivity index (χ4v) is 3.10. The second kappa shape index (κ2) is 8.28. The van der Waals surface area contributed by atoms with Crippen molar-refractivity contribution in [2.45, 2.75) is 76.7 Å². The molecule has 2 fully saturated rings. The SMILES string of the molecule is O=C(N[C@@H]1CCC1=O)OCCCCCC1CCCCC1. The Morgan fingerprint density at radius 2 is 1.90 bits per heavy atom. The van der Waals surface area contributed by atoms with Crippen LogP contribution in [0.1, 0.15) is 70.6 Å². The highest BCUT2D eigenvalue weighted by molar-refractivity contribution is 5.92. The quantitative estimate of drug-likeness (QED) is 0.726. The number of hydrogen-bond donors (Lipinski definition) is 1. The minimum atomic E-state index is -0.435. The highest BCUT2D eigenvalue weighted by atomic mass is 16.5. The molecule has 1 N–H and O–H groups in total. The van der Waals surface area contributed by atoms with E-state index in [0.717, 1.165) is 25.2 Å². The molecule has 0 aromatic carbocycles. The van der Waals surface area contributed by atoms with Crippen LogP contribution in [0.4, 0.5) is 4.79 Å². The number of unbranched alkanes of at least 4 members (excludes halogenated alkanes) is 2. The zero-order chi connectivity index (χ0) is 14.2. The summed E-state index contributed by atoms with van der Waals surface area (Å²) in [6, 6.07) is -0.284. The van der Waals surface area contributed by atoms with Crippen LogP contribution in [0.25, 0.3) is 0 Å². The molecule has 114 valence electrons. The molecule has 20 heavy (non-hydrogen) atoms. The number of rotatable bonds is 7. The molecule has 0 heterocycles. The van der Waals surface area contributed by atoms with E-state index >= 15 is 0 Å². The van der Waals surface area contributed by atoms with Gasteiger partial charge in [-0.2, -0.15) is 0 Å². The van der Waals surface area contributed by atoms with Gasteiger partial charge in [-0.25, -0.2) is 4.79 Å². The first-order valence-corrected chi connectivity index (χ1v) is 8.21. The van der Waals surface area contributed by atoms with Crippen molar-refractivity contribution in [2.75, 3.05) is 6.61 Å². The molecular formula is C16H27NO3. The van der Waals surface area contributed by atoms with Crippen molar-refractivity contribution >= 4 is 11.9 Å². The number of carbonyl (C=O) groups excluding carboxylic acids is 2. The lowest BCUT2D eigenvalue weighted by Gasteiger charge is -2.24. The van der Waals surface area contributed by atoms with Gasteiger partial charge < -0.3 is 10.1 Å². The molecule has 2 saturated carbocycles. The average molecular weight is 281 g/mol. The summed E-state index contributed by atoms with van der Waals surface area (Å²) < 4.78 is 5.09. The van der Waals surface area contributed by atoms with Gasteiger partial charge in [0.25, 0.3) is 0 Å². The fourth-order valence-electron chi connectivity index (χ4n) is 3.10. The minimum absolute atomic E-state index is 0.120. The third-order valence-corrected chi connectivity index (χ3v) is 4.57. The Morgan fingerprint density at radius 3 is 2.55 bits per heavy atom. The van der Waals surface area contributed by atoms with Gasteiger partial charge >= 0.3 is 6.09 Å². The van der Waals surface area contributed by atoms with Gasteiger partial charge in [-0.1, -0.05) is 51.4 Å². The maximum absolute atomic E-state index is 11.4. The molecule has 0 aromatic rings. The van der Waals surface area contributed by atoms with E-state index in [1.54, 1.807) is 0 Å². The molecule has 1 amide bonds. The summed E-state index contributed by atoms with van der Waals surface area (Å²) in [5.41, 5.74) is 0. The number of nitrogens with one attached hydrogen (secondary N) is 1. The van der Waals surface area contributed by atoms with Crippen LogP contribution in [0.3, 0.4) is 0 Å². The molecule has 4 nitrogen and oxygen atoms in total. The van der Waals surface area contributed by atoms with Gasteiger partial charge in [-0.15, -0.1) is 0 Å². The van der Waals surface area contributed by atoms with Crippen molar-refractivity contribution in [3.8, 4) is 0 Å². The highest BCUT2D eigenvalue weighted by Gasteiger charge is 2.29. The number of hydrogen-bond acceptors (Lipinski definition) is 3. The Hall–Kier alpha value is -1.06. The van der Waals surface area contributed by atoms with Crippen LogP contribution < -0.4 is 5.32 Å². The van der Waals surface area contributed by atoms with Crippen LogP contribution in [0.15, 0.2) is 0 Å². The number of ketones is 1.